The average molecular weight is 500 g/mol. The van der Waals surface area contributed by atoms with Crippen LogP contribution in [0.25, 0.3) is 16.9 Å². The van der Waals surface area contributed by atoms with E-state index in [9.17, 15) is 5.11 Å². The van der Waals surface area contributed by atoms with Gasteiger partial charge in [0.1, 0.15) is 11.4 Å². The summed E-state index contributed by atoms with van der Waals surface area (Å²) in [5.41, 5.74) is 3.44. The number of rotatable bonds is 5. The third kappa shape index (κ3) is 5.31. The minimum absolute atomic E-state index is 0.153. The van der Waals surface area contributed by atoms with Crippen LogP contribution < -0.4 is 10.2 Å². The van der Waals surface area contributed by atoms with Gasteiger partial charge in [-0.25, -0.2) is 9.97 Å². The first-order valence-corrected chi connectivity index (χ1v) is 12.9. The molecule has 0 atom stereocenters. The first kappa shape index (κ1) is 25.2. The van der Waals surface area contributed by atoms with Crippen LogP contribution in [0.4, 0.5) is 17.3 Å². The van der Waals surface area contributed by atoms with Crippen molar-refractivity contribution in [2.24, 2.45) is 0 Å². The van der Waals surface area contributed by atoms with Crippen molar-refractivity contribution in [1.82, 2.24) is 24.4 Å². The molecular weight excluding hydrogens is 462 g/mol. The molecule has 0 amide bonds. The van der Waals surface area contributed by atoms with Gasteiger partial charge in [0.25, 0.3) is 0 Å². The summed E-state index contributed by atoms with van der Waals surface area (Å²) < 4.78 is 2.08. The summed E-state index contributed by atoms with van der Waals surface area (Å²) in [6.07, 6.45) is 1.86. The Labute approximate surface area is 219 Å². The van der Waals surface area contributed by atoms with Gasteiger partial charge in [0.2, 0.25) is 5.95 Å². The Morgan fingerprint density at radius 3 is 2.24 bits per heavy atom. The Bertz CT molecular complexity index is 1390. The SMILES string of the molecule is CN1CCN(c2ccc(Nc3ncc4cc(C(C)(C)C)n(-c5cccc(C(C)(C)O)n5)c4n3)cc2)CC1. The van der Waals surface area contributed by atoms with Crippen molar-refractivity contribution < 1.29 is 5.11 Å². The van der Waals surface area contributed by atoms with Crippen LogP contribution >= 0.6 is 0 Å². The van der Waals surface area contributed by atoms with E-state index in [0.717, 1.165) is 54.4 Å². The Balaban J connectivity index is 1.49. The molecule has 0 saturated carbocycles. The highest BCUT2D eigenvalue weighted by Gasteiger charge is 2.25. The number of hydrogen-bond acceptors (Lipinski definition) is 7. The normalized spacial score (nSPS) is 15.4. The number of anilines is 3. The molecule has 2 N–H and O–H groups in total. The Morgan fingerprint density at radius 2 is 1.59 bits per heavy atom. The number of aromatic nitrogens is 4. The fraction of sp³-hybridized carbons (Fsp3) is 0.414. The van der Waals surface area contributed by atoms with Crippen LogP contribution in [0.3, 0.4) is 0 Å². The number of piperazine rings is 1. The van der Waals surface area contributed by atoms with Crippen LogP contribution in [0.5, 0.6) is 0 Å². The smallest absolute Gasteiger partial charge is 0.229 e. The van der Waals surface area contributed by atoms with Gasteiger partial charge in [0.05, 0.1) is 5.69 Å². The van der Waals surface area contributed by atoms with E-state index in [4.69, 9.17) is 9.97 Å². The minimum Gasteiger partial charge on any atom is -0.384 e. The van der Waals surface area contributed by atoms with Crippen LogP contribution in [-0.4, -0.2) is 62.8 Å². The summed E-state index contributed by atoms with van der Waals surface area (Å²) in [5.74, 6) is 1.25. The highest BCUT2D eigenvalue weighted by Crippen LogP contribution is 2.32. The lowest BCUT2D eigenvalue weighted by Crippen LogP contribution is -2.44. The molecule has 0 unspecified atom stereocenters. The standard InChI is InChI=1S/C29H37N7O/c1-28(2,3)24-18-20-19-30-27(31-21-10-12-22(13-11-21)35-16-14-34(6)15-17-35)33-26(20)36(24)25-9-7-8-23(32-25)29(4,5)37/h7-13,18-19,37H,14-17H2,1-6H3,(H,30,31,33). The van der Waals surface area contributed by atoms with Crippen molar-refractivity contribution in [1.29, 1.82) is 0 Å². The van der Waals surface area contributed by atoms with E-state index in [2.05, 4.69) is 82.8 Å². The molecule has 0 spiro atoms. The predicted molar refractivity (Wildman–Crippen MR) is 150 cm³/mol. The summed E-state index contributed by atoms with van der Waals surface area (Å²) in [5, 5.41) is 14.9. The van der Waals surface area contributed by atoms with Crippen molar-refractivity contribution in [2.45, 2.75) is 45.6 Å². The highest BCUT2D eigenvalue weighted by atomic mass is 16.3. The molecule has 8 heteroatoms. The zero-order chi connectivity index (χ0) is 26.4. The molecule has 5 rings (SSSR count). The molecule has 8 nitrogen and oxygen atoms in total. The fourth-order valence-electron chi connectivity index (χ4n) is 4.67. The van der Waals surface area contributed by atoms with E-state index in [1.54, 1.807) is 13.8 Å². The van der Waals surface area contributed by atoms with Gasteiger partial charge in [0.15, 0.2) is 5.65 Å². The second kappa shape index (κ2) is 9.43. The summed E-state index contributed by atoms with van der Waals surface area (Å²) in [7, 11) is 2.17. The molecule has 1 aliphatic rings. The monoisotopic (exact) mass is 499 g/mol. The zero-order valence-electron chi connectivity index (χ0n) is 22.7. The maximum absolute atomic E-state index is 10.6. The molecular formula is C29H37N7O. The zero-order valence-corrected chi connectivity index (χ0v) is 22.7. The van der Waals surface area contributed by atoms with Crippen LogP contribution in [-0.2, 0) is 11.0 Å². The molecule has 4 heterocycles. The van der Waals surface area contributed by atoms with Gasteiger partial charge < -0.3 is 20.2 Å². The second-order valence-corrected chi connectivity index (χ2v) is 11.5. The number of hydrogen-bond donors (Lipinski definition) is 2. The van der Waals surface area contributed by atoms with Crippen molar-refractivity contribution in [3.8, 4) is 5.82 Å². The molecule has 1 aromatic carbocycles. The second-order valence-electron chi connectivity index (χ2n) is 11.5. The number of benzene rings is 1. The topological polar surface area (TPSA) is 82.3 Å². The van der Waals surface area contributed by atoms with E-state index in [1.807, 2.05) is 24.4 Å². The van der Waals surface area contributed by atoms with Crippen molar-refractivity contribution in [3.05, 3.63) is 66.1 Å². The third-order valence-corrected chi connectivity index (χ3v) is 6.89. The van der Waals surface area contributed by atoms with Crippen molar-refractivity contribution in [3.63, 3.8) is 0 Å². The molecule has 0 radical (unpaired) electrons. The Hall–Kier alpha value is -3.49. The number of nitrogens with one attached hydrogen (secondary N) is 1. The fourth-order valence-corrected chi connectivity index (χ4v) is 4.67. The van der Waals surface area contributed by atoms with Gasteiger partial charge in [0, 0.05) is 60.2 Å². The van der Waals surface area contributed by atoms with Crippen LogP contribution in [0.2, 0.25) is 0 Å². The number of aliphatic hydroxyl groups is 1. The molecule has 1 fully saturated rings. The van der Waals surface area contributed by atoms with Crippen molar-refractivity contribution >= 4 is 28.4 Å². The summed E-state index contributed by atoms with van der Waals surface area (Å²) in [6, 6.07) is 16.3. The maximum atomic E-state index is 10.6. The summed E-state index contributed by atoms with van der Waals surface area (Å²) in [6.45, 7) is 14.3. The van der Waals surface area contributed by atoms with Gasteiger partial charge in [-0.15, -0.1) is 0 Å². The Kier molecular flexibility index (Phi) is 6.41. The number of nitrogens with zero attached hydrogens (tertiary/aromatic N) is 6. The Morgan fingerprint density at radius 1 is 0.892 bits per heavy atom. The van der Waals surface area contributed by atoms with Gasteiger partial charge in [-0.1, -0.05) is 26.8 Å². The van der Waals surface area contributed by atoms with E-state index in [0.29, 0.717) is 11.6 Å². The quantitative estimate of drug-likeness (QED) is 0.407. The molecule has 1 saturated heterocycles. The van der Waals surface area contributed by atoms with Gasteiger partial charge in [-0.2, -0.15) is 4.98 Å². The van der Waals surface area contributed by atoms with Crippen LogP contribution in [0.15, 0.2) is 54.7 Å². The van der Waals surface area contributed by atoms with Crippen molar-refractivity contribution in [2.75, 3.05) is 43.4 Å². The largest absolute Gasteiger partial charge is 0.384 e. The van der Waals surface area contributed by atoms with Crippen LogP contribution in [0, 0.1) is 0 Å². The molecule has 37 heavy (non-hydrogen) atoms. The van der Waals surface area contributed by atoms with Crippen LogP contribution in [0.1, 0.15) is 46.0 Å². The number of fused-ring (bicyclic) bond motifs is 1. The molecule has 3 aromatic heterocycles. The lowest BCUT2D eigenvalue weighted by Gasteiger charge is -2.34. The van der Waals surface area contributed by atoms with E-state index in [1.165, 1.54) is 5.69 Å². The van der Waals surface area contributed by atoms with Gasteiger partial charge in [-0.3, -0.25) is 4.57 Å². The van der Waals surface area contributed by atoms with E-state index >= 15 is 0 Å². The first-order chi connectivity index (χ1) is 17.5. The third-order valence-electron chi connectivity index (χ3n) is 6.89. The number of likely N-dealkylation sites (N-methyl/N-ethyl adjacent to an activating group) is 1. The average Bonchev–Trinajstić information content (AvgIpc) is 3.24. The lowest BCUT2D eigenvalue weighted by atomic mass is 9.92. The molecule has 4 aromatic rings. The predicted octanol–water partition coefficient (Wildman–Crippen LogP) is 4.84. The maximum Gasteiger partial charge on any atom is 0.229 e. The molecule has 0 aliphatic carbocycles. The minimum atomic E-state index is -1.04. The molecule has 194 valence electrons. The van der Waals surface area contributed by atoms with E-state index in [-0.39, 0.29) is 5.41 Å². The van der Waals surface area contributed by atoms with Gasteiger partial charge >= 0.3 is 0 Å². The summed E-state index contributed by atoms with van der Waals surface area (Å²) >= 11 is 0. The lowest BCUT2D eigenvalue weighted by molar-refractivity contribution is 0.0738. The van der Waals surface area contributed by atoms with Gasteiger partial charge in [-0.05, 0) is 63.4 Å². The molecule has 0 bridgehead atoms. The number of pyridine rings is 1. The molecule has 1 aliphatic heterocycles. The summed E-state index contributed by atoms with van der Waals surface area (Å²) in [4.78, 5) is 19.1. The van der Waals surface area contributed by atoms with E-state index < -0.39 is 5.60 Å². The first-order valence-electron chi connectivity index (χ1n) is 12.9. The highest BCUT2D eigenvalue weighted by molar-refractivity contribution is 5.80.